The molecule has 1 aliphatic rings. The summed E-state index contributed by atoms with van der Waals surface area (Å²) >= 11 is 0. The largest absolute Gasteiger partial charge is 0.477 e. The first-order valence-electron chi connectivity index (χ1n) is 5.69. The minimum Gasteiger partial charge on any atom is -0.477 e. The molecule has 0 amide bonds. The van der Waals surface area contributed by atoms with Crippen LogP contribution in [0.15, 0.2) is 35.3 Å². The molecule has 3 nitrogen and oxygen atoms in total. The van der Waals surface area contributed by atoms with Crippen LogP contribution in [-0.4, -0.2) is 18.5 Å². The number of hydrogen-bond donors (Lipinski definition) is 1. The van der Waals surface area contributed by atoms with E-state index in [0.29, 0.717) is 18.4 Å². The highest BCUT2D eigenvalue weighted by atomic mass is 16.5. The van der Waals surface area contributed by atoms with Crippen LogP contribution >= 0.6 is 0 Å². The molecule has 0 saturated carbocycles. The summed E-state index contributed by atoms with van der Waals surface area (Å²) in [6.07, 6.45) is 0. The Hall–Kier alpha value is -1.35. The molecule has 1 aromatic rings. The highest BCUT2D eigenvalue weighted by Gasteiger charge is 2.26. The minimum atomic E-state index is -0.0892. The summed E-state index contributed by atoms with van der Waals surface area (Å²) in [4.78, 5) is 4.55. The van der Waals surface area contributed by atoms with Crippen molar-refractivity contribution in [1.82, 2.24) is 0 Å². The molecule has 0 spiro atoms. The average molecular weight is 218 g/mol. The van der Waals surface area contributed by atoms with E-state index in [1.54, 1.807) is 0 Å². The Morgan fingerprint density at radius 3 is 2.62 bits per heavy atom. The fourth-order valence-electron chi connectivity index (χ4n) is 1.71. The van der Waals surface area contributed by atoms with E-state index in [1.807, 2.05) is 18.2 Å². The van der Waals surface area contributed by atoms with E-state index in [1.165, 1.54) is 5.56 Å². The van der Waals surface area contributed by atoms with Gasteiger partial charge in [-0.25, -0.2) is 4.99 Å². The lowest BCUT2D eigenvalue weighted by Gasteiger charge is -2.14. The van der Waals surface area contributed by atoms with Crippen LogP contribution in [0.2, 0.25) is 0 Å². The van der Waals surface area contributed by atoms with Crippen LogP contribution in [0.25, 0.3) is 0 Å². The third kappa shape index (κ3) is 2.25. The van der Waals surface area contributed by atoms with Gasteiger partial charge in [-0.1, -0.05) is 44.2 Å². The maximum atomic E-state index is 6.01. The predicted octanol–water partition coefficient (Wildman–Crippen LogP) is 2.14. The van der Waals surface area contributed by atoms with Crippen molar-refractivity contribution in [1.29, 1.82) is 0 Å². The van der Waals surface area contributed by atoms with Crippen molar-refractivity contribution in [2.45, 2.75) is 25.9 Å². The van der Waals surface area contributed by atoms with Gasteiger partial charge in [0.1, 0.15) is 12.6 Å². The number of ether oxygens (including phenoxy) is 1. The summed E-state index contributed by atoms with van der Waals surface area (Å²) in [5.74, 6) is 1.05. The normalized spacial score (nSPS) is 21.8. The Kier molecular flexibility index (Phi) is 3.25. The van der Waals surface area contributed by atoms with E-state index in [9.17, 15) is 0 Å². The van der Waals surface area contributed by atoms with Crippen molar-refractivity contribution in [3.63, 3.8) is 0 Å². The van der Waals surface area contributed by atoms with Gasteiger partial charge >= 0.3 is 0 Å². The molecule has 0 aliphatic carbocycles. The Morgan fingerprint density at radius 1 is 1.31 bits per heavy atom. The molecule has 1 aliphatic heterocycles. The summed E-state index contributed by atoms with van der Waals surface area (Å²) in [5.41, 5.74) is 7.19. The molecule has 0 radical (unpaired) electrons. The third-order valence-corrected chi connectivity index (χ3v) is 2.86. The second-order valence-electron chi connectivity index (χ2n) is 4.47. The van der Waals surface area contributed by atoms with Crippen molar-refractivity contribution in [2.24, 2.45) is 16.6 Å². The molecule has 1 aromatic carbocycles. The van der Waals surface area contributed by atoms with E-state index in [2.05, 4.69) is 31.0 Å². The third-order valence-electron chi connectivity index (χ3n) is 2.86. The van der Waals surface area contributed by atoms with Crippen LogP contribution in [0, 0.1) is 5.92 Å². The molecule has 0 saturated heterocycles. The average Bonchev–Trinajstić information content (AvgIpc) is 2.78. The Bertz CT molecular complexity index is 373. The molecule has 0 fully saturated rings. The summed E-state index contributed by atoms with van der Waals surface area (Å²) in [6.45, 7) is 4.76. The number of rotatable bonds is 3. The van der Waals surface area contributed by atoms with Crippen molar-refractivity contribution in [3.05, 3.63) is 35.9 Å². The van der Waals surface area contributed by atoms with Gasteiger partial charge in [-0.15, -0.1) is 0 Å². The number of nitrogens with zero attached hydrogens (tertiary/aromatic N) is 1. The zero-order valence-corrected chi connectivity index (χ0v) is 9.76. The van der Waals surface area contributed by atoms with Crippen molar-refractivity contribution >= 4 is 5.90 Å². The fraction of sp³-hybridized carbons (Fsp3) is 0.462. The number of hydrogen-bond acceptors (Lipinski definition) is 3. The topological polar surface area (TPSA) is 47.6 Å². The monoisotopic (exact) mass is 218 g/mol. The van der Waals surface area contributed by atoms with E-state index in [0.717, 1.165) is 0 Å². The standard InChI is InChI=1S/C13H18N2O/c1-9(2)12(14)13-15-11(8-16-13)10-6-4-3-5-7-10/h3-7,9,11-12H,8,14H2,1-2H3/t11-,12-/m0/s1. The van der Waals surface area contributed by atoms with Crippen molar-refractivity contribution in [2.75, 3.05) is 6.61 Å². The second-order valence-corrected chi connectivity index (χ2v) is 4.47. The lowest BCUT2D eigenvalue weighted by molar-refractivity contribution is 0.300. The molecule has 0 aromatic heterocycles. The highest BCUT2D eigenvalue weighted by Crippen LogP contribution is 2.24. The van der Waals surface area contributed by atoms with Crippen LogP contribution in [0.3, 0.4) is 0 Å². The Morgan fingerprint density at radius 2 is 2.00 bits per heavy atom. The van der Waals surface area contributed by atoms with Gasteiger partial charge in [0.15, 0.2) is 0 Å². The predicted molar refractivity (Wildman–Crippen MR) is 65.4 cm³/mol. The molecular weight excluding hydrogens is 200 g/mol. The van der Waals surface area contributed by atoms with Crippen LogP contribution in [0.5, 0.6) is 0 Å². The van der Waals surface area contributed by atoms with Gasteiger partial charge in [0.25, 0.3) is 0 Å². The van der Waals surface area contributed by atoms with Gasteiger partial charge in [-0.05, 0) is 11.5 Å². The Labute approximate surface area is 96.3 Å². The van der Waals surface area contributed by atoms with Crippen LogP contribution < -0.4 is 5.73 Å². The first kappa shape index (κ1) is 11.1. The molecular formula is C13H18N2O. The highest BCUT2D eigenvalue weighted by molar-refractivity contribution is 5.83. The van der Waals surface area contributed by atoms with Crippen molar-refractivity contribution < 1.29 is 4.74 Å². The van der Waals surface area contributed by atoms with Gasteiger partial charge in [0.2, 0.25) is 5.90 Å². The molecule has 1 heterocycles. The molecule has 3 heteroatoms. The van der Waals surface area contributed by atoms with Crippen LogP contribution in [-0.2, 0) is 4.74 Å². The minimum absolute atomic E-state index is 0.0892. The molecule has 0 bridgehead atoms. The zero-order chi connectivity index (χ0) is 11.5. The van der Waals surface area contributed by atoms with Gasteiger partial charge in [0.05, 0.1) is 6.04 Å². The summed E-state index contributed by atoms with van der Waals surface area (Å²) < 4.78 is 5.57. The van der Waals surface area contributed by atoms with Crippen molar-refractivity contribution in [3.8, 4) is 0 Å². The first-order chi connectivity index (χ1) is 7.68. The first-order valence-corrected chi connectivity index (χ1v) is 5.69. The molecule has 86 valence electrons. The molecule has 0 unspecified atom stereocenters. The lowest BCUT2D eigenvalue weighted by Crippen LogP contribution is -2.35. The fourth-order valence-corrected chi connectivity index (χ4v) is 1.71. The maximum absolute atomic E-state index is 6.01. The van der Waals surface area contributed by atoms with Crippen LogP contribution in [0.1, 0.15) is 25.5 Å². The van der Waals surface area contributed by atoms with Gasteiger partial charge in [-0.3, -0.25) is 0 Å². The quantitative estimate of drug-likeness (QED) is 0.845. The number of nitrogens with two attached hydrogens (primary N) is 1. The molecule has 2 atom stereocenters. The van der Waals surface area contributed by atoms with Crippen LogP contribution in [0.4, 0.5) is 0 Å². The van der Waals surface area contributed by atoms with Gasteiger partial charge in [-0.2, -0.15) is 0 Å². The van der Waals surface area contributed by atoms with E-state index in [-0.39, 0.29) is 12.1 Å². The van der Waals surface area contributed by atoms with Gasteiger partial charge in [0, 0.05) is 0 Å². The van der Waals surface area contributed by atoms with E-state index >= 15 is 0 Å². The molecule has 16 heavy (non-hydrogen) atoms. The SMILES string of the molecule is CC(C)[C@H](N)C1=N[C@H](c2ccccc2)CO1. The lowest BCUT2D eigenvalue weighted by atomic mass is 10.1. The second kappa shape index (κ2) is 4.66. The van der Waals surface area contributed by atoms with Gasteiger partial charge < -0.3 is 10.5 Å². The van der Waals surface area contributed by atoms with E-state index in [4.69, 9.17) is 10.5 Å². The maximum Gasteiger partial charge on any atom is 0.201 e. The van der Waals surface area contributed by atoms with E-state index < -0.39 is 0 Å². The zero-order valence-electron chi connectivity index (χ0n) is 9.76. The Balaban J connectivity index is 2.12. The summed E-state index contributed by atoms with van der Waals surface area (Å²) in [7, 11) is 0. The smallest absolute Gasteiger partial charge is 0.201 e. The molecule has 2 N–H and O–H groups in total. The number of benzene rings is 1. The summed E-state index contributed by atoms with van der Waals surface area (Å²) in [5, 5.41) is 0. The number of aliphatic imine (C=N–C) groups is 1. The summed E-state index contributed by atoms with van der Waals surface area (Å²) in [6, 6.07) is 10.2. The molecule has 2 rings (SSSR count).